The topological polar surface area (TPSA) is 138 Å². The summed E-state index contributed by atoms with van der Waals surface area (Å²) >= 11 is 0.938. The normalized spacial score (nSPS) is 10.9. The molecular formula is C21H18N4O5S. The number of esters is 1. The van der Waals surface area contributed by atoms with E-state index in [1.807, 2.05) is 13.0 Å². The highest BCUT2D eigenvalue weighted by molar-refractivity contribution is 7.18. The van der Waals surface area contributed by atoms with E-state index >= 15 is 0 Å². The largest absolute Gasteiger partial charge is 0.493 e. The van der Waals surface area contributed by atoms with E-state index in [0.717, 1.165) is 27.7 Å². The lowest BCUT2D eigenvalue weighted by molar-refractivity contribution is 0.0531. The molecule has 0 aliphatic carbocycles. The quantitative estimate of drug-likeness (QED) is 0.464. The van der Waals surface area contributed by atoms with Crippen LogP contribution in [-0.4, -0.2) is 33.4 Å². The van der Waals surface area contributed by atoms with E-state index in [1.54, 1.807) is 38.1 Å². The first-order chi connectivity index (χ1) is 14.8. The Kier molecular flexibility index (Phi) is 6.17. The smallest absolute Gasteiger partial charge is 0.348 e. The molecule has 0 radical (unpaired) electrons. The van der Waals surface area contributed by atoms with E-state index in [2.05, 4.69) is 9.98 Å². The number of hydrogen-bond donors (Lipinski definition) is 2. The van der Waals surface area contributed by atoms with Gasteiger partial charge in [0.2, 0.25) is 5.88 Å². The first-order valence-electron chi connectivity index (χ1n) is 9.18. The number of carbonyl (C=O) groups is 1. The van der Waals surface area contributed by atoms with E-state index in [1.165, 1.54) is 0 Å². The summed E-state index contributed by atoms with van der Waals surface area (Å²) in [5.74, 6) is -1.17. The first kappa shape index (κ1) is 21.7. The van der Waals surface area contributed by atoms with Crippen molar-refractivity contribution in [3.05, 3.63) is 72.2 Å². The van der Waals surface area contributed by atoms with Crippen molar-refractivity contribution < 1.29 is 14.6 Å². The molecule has 0 bridgehead atoms. The summed E-state index contributed by atoms with van der Waals surface area (Å²) in [7, 11) is 0. The predicted molar refractivity (Wildman–Crippen MR) is 116 cm³/mol. The SMILES string of the molecule is CCOC(=O)c1sc(N=Cc2c(O)n(-c3ccc(C)cc3)c(=O)[nH]c2=O)c(C#N)c1C. The van der Waals surface area contributed by atoms with E-state index in [4.69, 9.17) is 4.74 Å². The number of aryl methyl sites for hydroxylation is 1. The van der Waals surface area contributed by atoms with Crippen LogP contribution in [0.2, 0.25) is 0 Å². The third kappa shape index (κ3) is 4.17. The molecule has 0 aliphatic rings. The maximum absolute atomic E-state index is 12.3. The zero-order chi connectivity index (χ0) is 22.7. The molecule has 10 heteroatoms. The number of nitriles is 1. The Morgan fingerprint density at radius 3 is 2.61 bits per heavy atom. The summed E-state index contributed by atoms with van der Waals surface area (Å²) in [6.45, 7) is 5.32. The molecule has 0 atom stereocenters. The molecule has 3 rings (SSSR count). The molecule has 2 heterocycles. The highest BCUT2D eigenvalue weighted by atomic mass is 32.1. The van der Waals surface area contributed by atoms with Gasteiger partial charge in [-0.05, 0) is 38.5 Å². The van der Waals surface area contributed by atoms with Crippen molar-refractivity contribution in [1.29, 1.82) is 5.26 Å². The van der Waals surface area contributed by atoms with Crippen molar-refractivity contribution in [3.8, 4) is 17.6 Å². The van der Waals surface area contributed by atoms with Gasteiger partial charge in [0.1, 0.15) is 21.5 Å². The molecule has 0 unspecified atom stereocenters. The number of ether oxygens (including phenoxy) is 1. The van der Waals surface area contributed by atoms with Gasteiger partial charge in [-0.25, -0.2) is 19.1 Å². The van der Waals surface area contributed by atoms with Crippen molar-refractivity contribution in [2.24, 2.45) is 4.99 Å². The number of benzene rings is 1. The molecule has 3 aromatic rings. The second-order valence-electron chi connectivity index (χ2n) is 6.49. The molecule has 0 amide bonds. The van der Waals surface area contributed by atoms with Crippen LogP contribution in [0.25, 0.3) is 5.69 Å². The third-order valence-electron chi connectivity index (χ3n) is 4.42. The Morgan fingerprint density at radius 1 is 1.32 bits per heavy atom. The second kappa shape index (κ2) is 8.81. The van der Waals surface area contributed by atoms with Gasteiger partial charge in [-0.1, -0.05) is 17.7 Å². The fourth-order valence-corrected chi connectivity index (χ4v) is 3.82. The minimum atomic E-state index is -0.841. The van der Waals surface area contributed by atoms with Gasteiger partial charge in [0, 0.05) is 6.21 Å². The van der Waals surface area contributed by atoms with Gasteiger partial charge in [0.15, 0.2) is 0 Å². The van der Waals surface area contributed by atoms with E-state index in [0.29, 0.717) is 11.3 Å². The standard InChI is InChI=1S/C21H18N4O5S/c1-4-30-20(28)16-12(3)14(9-22)18(31-16)23-10-15-17(26)24-21(29)25(19(15)27)13-7-5-11(2)6-8-13/h5-8,10,27H,4H2,1-3H3,(H,24,26,29). The lowest BCUT2D eigenvalue weighted by Crippen LogP contribution is -2.31. The molecule has 0 fully saturated rings. The van der Waals surface area contributed by atoms with Crippen LogP contribution in [0, 0.1) is 25.2 Å². The number of hydrogen-bond acceptors (Lipinski definition) is 8. The van der Waals surface area contributed by atoms with E-state index < -0.39 is 23.1 Å². The Balaban J connectivity index is 2.11. The number of aliphatic imine (C=N–C) groups is 1. The fourth-order valence-electron chi connectivity index (χ4n) is 2.82. The number of carbonyl (C=O) groups excluding carboxylic acids is 1. The Labute approximate surface area is 180 Å². The van der Waals surface area contributed by atoms with Gasteiger partial charge in [-0.2, -0.15) is 5.26 Å². The molecular weight excluding hydrogens is 420 g/mol. The number of rotatable bonds is 5. The summed E-state index contributed by atoms with van der Waals surface area (Å²) in [4.78, 5) is 43.2. The molecule has 31 heavy (non-hydrogen) atoms. The van der Waals surface area contributed by atoms with Crippen LogP contribution in [0.4, 0.5) is 5.00 Å². The molecule has 0 aliphatic heterocycles. The minimum absolute atomic E-state index is 0.159. The summed E-state index contributed by atoms with van der Waals surface area (Å²) in [5, 5.41) is 20.2. The predicted octanol–water partition coefficient (Wildman–Crippen LogP) is 2.71. The zero-order valence-corrected chi connectivity index (χ0v) is 17.7. The van der Waals surface area contributed by atoms with Crippen LogP contribution in [0.15, 0.2) is 38.8 Å². The lowest BCUT2D eigenvalue weighted by Gasteiger charge is -2.09. The van der Waals surface area contributed by atoms with E-state index in [9.17, 15) is 24.8 Å². The van der Waals surface area contributed by atoms with Crippen molar-refractivity contribution in [1.82, 2.24) is 9.55 Å². The molecule has 0 saturated heterocycles. The Hall–Kier alpha value is -3.97. The average molecular weight is 438 g/mol. The zero-order valence-electron chi connectivity index (χ0n) is 16.9. The van der Waals surface area contributed by atoms with Crippen LogP contribution in [-0.2, 0) is 4.74 Å². The monoisotopic (exact) mass is 438 g/mol. The average Bonchev–Trinajstić information content (AvgIpc) is 3.04. The lowest BCUT2D eigenvalue weighted by atomic mass is 10.2. The molecule has 0 spiro atoms. The number of aromatic hydroxyl groups is 1. The first-order valence-corrected chi connectivity index (χ1v) is 10.00. The third-order valence-corrected chi connectivity index (χ3v) is 5.60. The van der Waals surface area contributed by atoms with Crippen LogP contribution in [0.3, 0.4) is 0 Å². The number of H-pyrrole nitrogens is 1. The maximum Gasteiger partial charge on any atom is 0.348 e. The van der Waals surface area contributed by atoms with Crippen LogP contribution in [0.1, 0.15) is 38.8 Å². The van der Waals surface area contributed by atoms with Gasteiger partial charge in [-0.15, -0.1) is 11.3 Å². The Morgan fingerprint density at radius 2 is 2.00 bits per heavy atom. The van der Waals surface area contributed by atoms with Crippen molar-refractivity contribution >= 4 is 28.5 Å². The summed E-state index contributed by atoms with van der Waals surface area (Å²) in [6.07, 6.45) is 1.05. The molecule has 2 N–H and O–H groups in total. The van der Waals surface area contributed by atoms with Gasteiger partial charge in [0.05, 0.1) is 17.9 Å². The number of aromatic amines is 1. The van der Waals surface area contributed by atoms with Gasteiger partial charge in [0.25, 0.3) is 5.56 Å². The molecule has 1 aromatic carbocycles. The second-order valence-corrected chi connectivity index (χ2v) is 7.49. The highest BCUT2D eigenvalue weighted by Crippen LogP contribution is 2.35. The number of nitrogens with one attached hydrogen (secondary N) is 1. The van der Waals surface area contributed by atoms with Gasteiger partial charge in [-0.3, -0.25) is 9.78 Å². The molecule has 2 aromatic heterocycles. The number of thiophene rings is 1. The van der Waals surface area contributed by atoms with Crippen molar-refractivity contribution in [2.45, 2.75) is 20.8 Å². The van der Waals surface area contributed by atoms with Crippen molar-refractivity contribution in [3.63, 3.8) is 0 Å². The molecule has 158 valence electrons. The summed E-state index contributed by atoms with van der Waals surface area (Å²) in [5.41, 5.74) is -0.0317. The van der Waals surface area contributed by atoms with E-state index in [-0.39, 0.29) is 27.6 Å². The number of nitrogens with zero attached hydrogens (tertiary/aromatic N) is 3. The van der Waals surface area contributed by atoms with Gasteiger partial charge >= 0.3 is 11.7 Å². The minimum Gasteiger partial charge on any atom is -0.493 e. The van der Waals surface area contributed by atoms with Gasteiger partial charge < -0.3 is 9.84 Å². The highest BCUT2D eigenvalue weighted by Gasteiger charge is 2.21. The number of aromatic nitrogens is 2. The van der Waals surface area contributed by atoms with Crippen LogP contribution < -0.4 is 11.2 Å². The Bertz CT molecular complexity index is 1340. The van der Waals surface area contributed by atoms with Crippen LogP contribution >= 0.6 is 11.3 Å². The summed E-state index contributed by atoms with van der Waals surface area (Å²) in [6, 6.07) is 8.74. The van der Waals surface area contributed by atoms with Crippen molar-refractivity contribution in [2.75, 3.05) is 6.61 Å². The molecule has 0 saturated carbocycles. The van der Waals surface area contributed by atoms with Crippen LogP contribution in [0.5, 0.6) is 5.88 Å². The fraction of sp³-hybridized carbons (Fsp3) is 0.190. The molecule has 9 nitrogen and oxygen atoms in total. The maximum atomic E-state index is 12.3. The summed E-state index contributed by atoms with van der Waals surface area (Å²) < 4.78 is 5.93.